The molecule has 0 aliphatic carbocycles. The fourth-order valence-corrected chi connectivity index (χ4v) is 2.37. The van der Waals surface area contributed by atoms with E-state index in [1.165, 1.54) is 0 Å². The van der Waals surface area contributed by atoms with E-state index in [1.807, 2.05) is 43.4 Å². The lowest BCUT2D eigenvalue weighted by atomic mass is 10.2. The van der Waals surface area contributed by atoms with Crippen molar-refractivity contribution in [3.05, 3.63) is 58.3 Å². The zero-order valence-corrected chi connectivity index (χ0v) is 12.2. The maximum atomic E-state index is 7.46. The minimum atomic E-state index is 0.0609. The van der Waals surface area contributed by atoms with Gasteiger partial charge in [0, 0.05) is 29.0 Å². The van der Waals surface area contributed by atoms with Gasteiger partial charge >= 0.3 is 0 Å². The normalized spacial score (nSPS) is 10.2. The minimum Gasteiger partial charge on any atom is -0.384 e. The van der Waals surface area contributed by atoms with Crippen molar-refractivity contribution >= 4 is 27.5 Å². The van der Waals surface area contributed by atoms with Gasteiger partial charge in [0.1, 0.15) is 5.84 Å². The van der Waals surface area contributed by atoms with Gasteiger partial charge in [-0.1, -0.05) is 6.07 Å². The highest BCUT2D eigenvalue weighted by atomic mass is 79.9. The zero-order valence-electron chi connectivity index (χ0n) is 10.6. The second-order valence-corrected chi connectivity index (χ2v) is 5.11. The van der Waals surface area contributed by atoms with E-state index in [0.717, 1.165) is 22.4 Å². The van der Waals surface area contributed by atoms with Crippen LogP contribution in [0.2, 0.25) is 0 Å². The molecule has 0 spiro atoms. The van der Waals surface area contributed by atoms with Crippen LogP contribution in [0.3, 0.4) is 0 Å². The van der Waals surface area contributed by atoms with Crippen molar-refractivity contribution in [2.75, 3.05) is 11.9 Å². The van der Waals surface area contributed by atoms with Crippen LogP contribution in [0, 0.1) is 5.41 Å². The number of hydrogen-bond donors (Lipinski definition) is 2. The molecule has 4 nitrogen and oxygen atoms in total. The lowest BCUT2D eigenvalue weighted by Crippen LogP contribution is -2.18. The van der Waals surface area contributed by atoms with Gasteiger partial charge in [-0.05, 0) is 46.3 Å². The summed E-state index contributed by atoms with van der Waals surface area (Å²) in [5.41, 5.74) is 8.25. The van der Waals surface area contributed by atoms with Crippen LogP contribution < -0.4 is 10.6 Å². The fraction of sp³-hybridized carbons (Fsp3) is 0.143. The third-order valence-electron chi connectivity index (χ3n) is 2.81. The predicted molar refractivity (Wildman–Crippen MR) is 81.5 cm³/mol. The molecule has 19 heavy (non-hydrogen) atoms. The monoisotopic (exact) mass is 318 g/mol. The third-order valence-corrected chi connectivity index (χ3v) is 3.47. The Balaban J connectivity index is 2.18. The van der Waals surface area contributed by atoms with Crippen molar-refractivity contribution in [2.45, 2.75) is 6.54 Å². The van der Waals surface area contributed by atoms with E-state index < -0.39 is 0 Å². The quantitative estimate of drug-likeness (QED) is 0.673. The van der Waals surface area contributed by atoms with Crippen molar-refractivity contribution in [3.8, 4) is 0 Å². The highest BCUT2D eigenvalue weighted by Crippen LogP contribution is 2.24. The van der Waals surface area contributed by atoms with Crippen LogP contribution in [-0.4, -0.2) is 17.9 Å². The molecule has 0 aliphatic heterocycles. The van der Waals surface area contributed by atoms with Gasteiger partial charge in [0.05, 0.1) is 12.2 Å². The Morgan fingerprint density at radius 3 is 2.74 bits per heavy atom. The van der Waals surface area contributed by atoms with Crippen LogP contribution in [0.1, 0.15) is 11.3 Å². The molecule has 5 heteroatoms. The number of nitrogens with one attached hydrogen (secondary N) is 1. The summed E-state index contributed by atoms with van der Waals surface area (Å²) in [5, 5.41) is 7.46. The van der Waals surface area contributed by atoms with Gasteiger partial charge in [0.15, 0.2) is 0 Å². The van der Waals surface area contributed by atoms with E-state index in [2.05, 4.69) is 25.8 Å². The van der Waals surface area contributed by atoms with E-state index in [-0.39, 0.29) is 5.84 Å². The minimum absolute atomic E-state index is 0.0609. The number of aromatic nitrogens is 1. The van der Waals surface area contributed by atoms with E-state index >= 15 is 0 Å². The second kappa shape index (κ2) is 5.84. The van der Waals surface area contributed by atoms with Crippen molar-refractivity contribution < 1.29 is 0 Å². The van der Waals surface area contributed by atoms with Crippen molar-refractivity contribution in [3.63, 3.8) is 0 Å². The second-order valence-electron chi connectivity index (χ2n) is 4.25. The Hall–Kier alpha value is -1.88. The first-order valence-corrected chi connectivity index (χ1v) is 6.62. The molecule has 1 heterocycles. The summed E-state index contributed by atoms with van der Waals surface area (Å²) in [5.74, 6) is 0.0609. The molecule has 0 saturated heterocycles. The van der Waals surface area contributed by atoms with Crippen LogP contribution in [-0.2, 0) is 6.54 Å². The number of nitrogens with zero attached hydrogens (tertiary/aromatic N) is 2. The average Bonchev–Trinajstić information content (AvgIpc) is 2.39. The molecule has 2 aromatic rings. The van der Waals surface area contributed by atoms with Gasteiger partial charge in [0.25, 0.3) is 0 Å². The molecule has 0 bridgehead atoms. The first kappa shape index (κ1) is 13.5. The van der Waals surface area contributed by atoms with E-state index in [9.17, 15) is 0 Å². The number of benzene rings is 1. The van der Waals surface area contributed by atoms with E-state index in [0.29, 0.717) is 5.56 Å². The summed E-state index contributed by atoms with van der Waals surface area (Å²) in [6.45, 7) is 0.729. The fourth-order valence-electron chi connectivity index (χ4n) is 1.79. The SMILES string of the molecule is CN(Cc1ccccn1)c1ccc(C(=N)N)c(Br)c1. The van der Waals surface area contributed by atoms with E-state index in [1.54, 1.807) is 6.20 Å². The topological polar surface area (TPSA) is 66.0 Å². The largest absolute Gasteiger partial charge is 0.384 e. The molecule has 1 aromatic carbocycles. The van der Waals surface area contributed by atoms with Crippen molar-refractivity contribution in [1.82, 2.24) is 4.98 Å². The molecule has 98 valence electrons. The van der Waals surface area contributed by atoms with Crippen LogP contribution in [0.5, 0.6) is 0 Å². The summed E-state index contributed by atoms with van der Waals surface area (Å²) < 4.78 is 0.824. The average molecular weight is 319 g/mol. The number of anilines is 1. The lowest BCUT2D eigenvalue weighted by Gasteiger charge is -2.19. The number of halogens is 1. The molecule has 2 rings (SSSR count). The number of amidine groups is 1. The third kappa shape index (κ3) is 3.32. The Labute approximate surface area is 120 Å². The molecule has 0 atom stereocenters. The molecule has 0 saturated carbocycles. The number of hydrogen-bond acceptors (Lipinski definition) is 3. The molecular formula is C14H15BrN4. The standard InChI is InChI=1S/C14H15BrN4/c1-19(9-10-4-2-3-7-18-10)11-5-6-12(14(16)17)13(15)8-11/h2-8H,9H2,1H3,(H3,16,17). The van der Waals surface area contributed by atoms with Gasteiger partial charge < -0.3 is 10.6 Å². The van der Waals surface area contributed by atoms with Gasteiger partial charge in [0.2, 0.25) is 0 Å². The zero-order chi connectivity index (χ0) is 13.8. The molecular weight excluding hydrogens is 304 g/mol. The highest BCUT2D eigenvalue weighted by molar-refractivity contribution is 9.10. The molecule has 3 N–H and O–H groups in total. The van der Waals surface area contributed by atoms with Crippen LogP contribution >= 0.6 is 15.9 Å². The Bertz CT molecular complexity index is 583. The summed E-state index contributed by atoms with van der Waals surface area (Å²) >= 11 is 3.44. The maximum Gasteiger partial charge on any atom is 0.123 e. The molecule has 1 aromatic heterocycles. The Morgan fingerprint density at radius 1 is 1.37 bits per heavy atom. The molecule has 0 aliphatic rings. The van der Waals surface area contributed by atoms with Gasteiger partial charge in [-0.3, -0.25) is 10.4 Å². The molecule has 0 unspecified atom stereocenters. The summed E-state index contributed by atoms with van der Waals surface area (Å²) in [4.78, 5) is 6.40. The van der Waals surface area contributed by atoms with Gasteiger partial charge in [-0.2, -0.15) is 0 Å². The Morgan fingerprint density at radius 2 is 2.16 bits per heavy atom. The van der Waals surface area contributed by atoms with Gasteiger partial charge in [-0.25, -0.2) is 0 Å². The van der Waals surface area contributed by atoms with Crippen LogP contribution in [0.4, 0.5) is 5.69 Å². The maximum absolute atomic E-state index is 7.46. The molecule has 0 fully saturated rings. The molecule has 0 radical (unpaired) electrons. The summed E-state index contributed by atoms with van der Waals surface area (Å²) in [7, 11) is 2.00. The number of nitrogens with two attached hydrogens (primary N) is 1. The van der Waals surface area contributed by atoms with Crippen molar-refractivity contribution in [2.24, 2.45) is 5.73 Å². The lowest BCUT2D eigenvalue weighted by molar-refractivity contribution is 0.884. The smallest absolute Gasteiger partial charge is 0.123 e. The van der Waals surface area contributed by atoms with Crippen molar-refractivity contribution in [1.29, 1.82) is 5.41 Å². The van der Waals surface area contributed by atoms with Crippen LogP contribution in [0.15, 0.2) is 47.1 Å². The number of nitrogen functional groups attached to an aromatic ring is 1. The summed E-state index contributed by atoms with van der Waals surface area (Å²) in [6.07, 6.45) is 1.79. The number of rotatable bonds is 4. The van der Waals surface area contributed by atoms with E-state index in [4.69, 9.17) is 11.1 Å². The van der Waals surface area contributed by atoms with Crippen LogP contribution in [0.25, 0.3) is 0 Å². The van der Waals surface area contributed by atoms with Gasteiger partial charge in [-0.15, -0.1) is 0 Å². The highest BCUT2D eigenvalue weighted by Gasteiger charge is 2.07. The first-order chi connectivity index (χ1) is 9.08. The number of pyridine rings is 1. The first-order valence-electron chi connectivity index (χ1n) is 5.83. The molecule has 0 amide bonds. The predicted octanol–water partition coefficient (Wildman–Crippen LogP) is 2.76. The summed E-state index contributed by atoms with van der Waals surface area (Å²) in [6, 6.07) is 11.6. The Kier molecular flexibility index (Phi) is 4.16.